The van der Waals surface area contributed by atoms with E-state index in [1.807, 2.05) is 55.4 Å². The fraction of sp³-hybridized carbons (Fsp3) is 0.286. The van der Waals surface area contributed by atoms with Gasteiger partial charge in [-0.25, -0.2) is 0 Å². The molecule has 0 aliphatic carbocycles. The lowest BCUT2D eigenvalue weighted by Crippen LogP contribution is -2.34. The molecule has 6 rings (SSSR count). The maximum atomic E-state index is 7.14. The topological polar surface area (TPSA) is 9.23 Å². The highest BCUT2D eigenvalue weighted by molar-refractivity contribution is 5.97. The summed E-state index contributed by atoms with van der Waals surface area (Å²) < 4.78 is 7.14. The molecule has 1 heteroatoms. The van der Waals surface area contributed by atoms with Crippen molar-refractivity contribution in [1.29, 1.82) is 0 Å². The maximum absolute atomic E-state index is 7.14. The molecule has 0 aromatic heterocycles. The lowest BCUT2D eigenvalue weighted by molar-refractivity contribution is 0.160. The second-order valence-electron chi connectivity index (χ2n) is 9.46. The molecule has 0 amide bonds. The summed E-state index contributed by atoms with van der Waals surface area (Å²) in [7, 11) is 0. The molecule has 43 heavy (non-hydrogen) atoms. The second-order valence-corrected chi connectivity index (χ2v) is 9.46. The van der Waals surface area contributed by atoms with Gasteiger partial charge in [0, 0.05) is 16.7 Å². The third kappa shape index (κ3) is 7.65. The highest BCUT2D eigenvalue weighted by Crippen LogP contribution is 2.47. The largest absolute Gasteiger partial charge is 0.473 e. The highest BCUT2D eigenvalue weighted by atomic mass is 16.5. The molecule has 0 spiro atoms. The van der Waals surface area contributed by atoms with Crippen molar-refractivity contribution in [2.75, 3.05) is 0 Å². The molecule has 0 radical (unpaired) electrons. The van der Waals surface area contributed by atoms with Gasteiger partial charge >= 0.3 is 0 Å². The molecule has 0 saturated carbocycles. The summed E-state index contributed by atoms with van der Waals surface area (Å²) in [5.41, 5.74) is 7.87. The average molecular weight is 573 g/mol. The number of rotatable bonds is 4. The SMILES string of the molecule is CC.CC.CC.CC.Cc1ccc(Cc2c(C)c3c(c4ccccc24)C=CC(c2ccccc2)(c2ccccc2)O3)cc1. The molecule has 0 saturated heterocycles. The molecule has 0 fully saturated rings. The van der Waals surface area contributed by atoms with Crippen molar-refractivity contribution in [3.05, 3.63) is 154 Å². The Morgan fingerprint density at radius 1 is 0.535 bits per heavy atom. The Labute approximate surface area is 262 Å². The molecule has 0 N–H and O–H groups in total. The zero-order valence-corrected chi connectivity index (χ0v) is 28.2. The van der Waals surface area contributed by atoms with Crippen molar-refractivity contribution in [2.45, 2.75) is 81.3 Å². The summed E-state index contributed by atoms with van der Waals surface area (Å²) in [5, 5.41) is 2.53. The van der Waals surface area contributed by atoms with Gasteiger partial charge in [0.1, 0.15) is 5.75 Å². The van der Waals surface area contributed by atoms with Crippen LogP contribution in [0.2, 0.25) is 0 Å². The Morgan fingerprint density at radius 3 is 1.51 bits per heavy atom. The molecule has 1 nitrogen and oxygen atoms in total. The molecule has 0 atom stereocenters. The Morgan fingerprint density at radius 2 is 1.00 bits per heavy atom. The third-order valence-corrected chi connectivity index (χ3v) is 7.23. The molecule has 5 aromatic carbocycles. The van der Waals surface area contributed by atoms with E-state index in [0.717, 1.165) is 28.9 Å². The number of ether oxygens (including phenoxy) is 1. The molecule has 1 heterocycles. The molecular formula is C42H52O. The minimum Gasteiger partial charge on any atom is -0.473 e. The van der Waals surface area contributed by atoms with E-state index in [4.69, 9.17) is 4.74 Å². The third-order valence-electron chi connectivity index (χ3n) is 7.23. The number of fused-ring (bicyclic) bond motifs is 3. The molecule has 1 aliphatic heterocycles. The van der Waals surface area contributed by atoms with Crippen molar-refractivity contribution in [3.63, 3.8) is 0 Å². The number of hydrogen-bond acceptors (Lipinski definition) is 1. The fourth-order valence-corrected chi connectivity index (χ4v) is 5.32. The normalized spacial score (nSPS) is 11.9. The second kappa shape index (κ2) is 17.8. The smallest absolute Gasteiger partial charge is 0.178 e. The zero-order chi connectivity index (χ0) is 31.8. The molecule has 0 bridgehead atoms. The minimum absolute atomic E-state index is 0.677. The molecule has 1 aliphatic rings. The van der Waals surface area contributed by atoms with Gasteiger partial charge in [0.2, 0.25) is 0 Å². The lowest BCUT2D eigenvalue weighted by atomic mass is 9.81. The molecule has 226 valence electrons. The first-order chi connectivity index (χ1) is 21.2. The van der Waals surface area contributed by atoms with Gasteiger partial charge in [-0.05, 0) is 59.9 Å². The summed E-state index contributed by atoms with van der Waals surface area (Å²) in [6.45, 7) is 20.4. The van der Waals surface area contributed by atoms with E-state index in [9.17, 15) is 0 Å². The number of benzene rings is 5. The van der Waals surface area contributed by atoms with Crippen molar-refractivity contribution < 1.29 is 4.74 Å². The van der Waals surface area contributed by atoms with Crippen LogP contribution < -0.4 is 4.74 Å². The highest BCUT2D eigenvalue weighted by Gasteiger charge is 2.38. The van der Waals surface area contributed by atoms with Crippen LogP contribution in [0.15, 0.2) is 115 Å². The zero-order valence-electron chi connectivity index (χ0n) is 28.2. The van der Waals surface area contributed by atoms with Crippen molar-refractivity contribution in [3.8, 4) is 5.75 Å². The lowest BCUT2D eigenvalue weighted by Gasteiger charge is -2.37. The van der Waals surface area contributed by atoms with Crippen LogP contribution in [-0.2, 0) is 12.0 Å². The van der Waals surface area contributed by atoms with Crippen LogP contribution in [0.1, 0.15) is 94.3 Å². The van der Waals surface area contributed by atoms with Crippen LogP contribution in [0.5, 0.6) is 5.75 Å². The Bertz CT molecular complexity index is 1490. The molecule has 5 aromatic rings. The van der Waals surface area contributed by atoms with Gasteiger partial charge in [-0.3, -0.25) is 0 Å². The Hall–Kier alpha value is -4.10. The monoisotopic (exact) mass is 572 g/mol. The van der Waals surface area contributed by atoms with Gasteiger partial charge < -0.3 is 4.74 Å². The van der Waals surface area contributed by atoms with Crippen molar-refractivity contribution in [1.82, 2.24) is 0 Å². The first-order valence-electron chi connectivity index (χ1n) is 16.2. The van der Waals surface area contributed by atoms with E-state index < -0.39 is 5.60 Å². The quantitative estimate of drug-likeness (QED) is 0.208. The van der Waals surface area contributed by atoms with E-state index in [0.29, 0.717) is 0 Å². The van der Waals surface area contributed by atoms with Crippen LogP contribution in [0.25, 0.3) is 16.8 Å². The van der Waals surface area contributed by atoms with Gasteiger partial charge in [-0.1, -0.05) is 170 Å². The van der Waals surface area contributed by atoms with Crippen molar-refractivity contribution in [2.24, 2.45) is 0 Å². The predicted octanol–water partition coefficient (Wildman–Crippen LogP) is 12.5. The van der Waals surface area contributed by atoms with Gasteiger partial charge in [0.05, 0.1) is 0 Å². The maximum Gasteiger partial charge on any atom is 0.178 e. The predicted molar refractivity (Wildman–Crippen MR) is 191 cm³/mol. The average Bonchev–Trinajstić information content (AvgIpc) is 3.11. The summed E-state index contributed by atoms with van der Waals surface area (Å²) in [6, 6.07) is 38.7. The van der Waals surface area contributed by atoms with Crippen LogP contribution in [0.4, 0.5) is 0 Å². The first-order valence-corrected chi connectivity index (χ1v) is 16.2. The van der Waals surface area contributed by atoms with E-state index in [2.05, 4.69) is 135 Å². The van der Waals surface area contributed by atoms with Crippen LogP contribution in [0, 0.1) is 13.8 Å². The van der Waals surface area contributed by atoms with Gasteiger partial charge in [0.25, 0.3) is 0 Å². The molecular weight excluding hydrogens is 520 g/mol. The minimum atomic E-state index is -0.677. The van der Waals surface area contributed by atoms with Gasteiger partial charge in [-0.2, -0.15) is 0 Å². The van der Waals surface area contributed by atoms with Crippen LogP contribution in [0.3, 0.4) is 0 Å². The van der Waals surface area contributed by atoms with E-state index >= 15 is 0 Å². The van der Waals surface area contributed by atoms with Crippen LogP contribution >= 0.6 is 0 Å². The fourth-order valence-electron chi connectivity index (χ4n) is 5.32. The summed E-state index contributed by atoms with van der Waals surface area (Å²) in [6.07, 6.45) is 5.37. The van der Waals surface area contributed by atoms with E-state index in [1.165, 1.54) is 33.0 Å². The summed E-state index contributed by atoms with van der Waals surface area (Å²) in [5.74, 6) is 0.973. The first kappa shape index (κ1) is 35.1. The Balaban J connectivity index is 0.000000748. The number of hydrogen-bond donors (Lipinski definition) is 0. The summed E-state index contributed by atoms with van der Waals surface area (Å²) >= 11 is 0. The van der Waals surface area contributed by atoms with E-state index in [-0.39, 0.29) is 0 Å². The summed E-state index contributed by atoms with van der Waals surface area (Å²) in [4.78, 5) is 0. The standard InChI is InChI=1S/C34H28O.4C2H6/c1-24-17-19-26(20-18-24)23-32-25(2)33-31(29-15-9-10-16-30(29)32)21-22-34(35-33,27-11-5-3-6-12-27)28-13-7-4-8-14-28;4*1-2/h3-22H,23H2,1-2H3;4*1-2H3. The molecule has 0 unspecified atom stereocenters. The van der Waals surface area contributed by atoms with Crippen LogP contribution in [-0.4, -0.2) is 0 Å². The van der Waals surface area contributed by atoms with Gasteiger partial charge in [-0.15, -0.1) is 0 Å². The number of aryl methyl sites for hydroxylation is 1. The van der Waals surface area contributed by atoms with Crippen molar-refractivity contribution >= 4 is 16.8 Å². The Kier molecular flexibility index (Phi) is 14.5. The van der Waals surface area contributed by atoms with E-state index in [1.54, 1.807) is 0 Å². The van der Waals surface area contributed by atoms with Gasteiger partial charge in [0.15, 0.2) is 5.60 Å².